The summed E-state index contributed by atoms with van der Waals surface area (Å²) in [5.74, 6) is -0.837. The van der Waals surface area contributed by atoms with E-state index < -0.39 is 36.4 Å². The lowest BCUT2D eigenvalue weighted by atomic mass is 10.1. The van der Waals surface area contributed by atoms with Gasteiger partial charge in [0.05, 0.1) is 24.3 Å². The van der Waals surface area contributed by atoms with E-state index in [2.05, 4.69) is 0 Å². The van der Waals surface area contributed by atoms with Crippen molar-refractivity contribution in [1.29, 1.82) is 0 Å². The molecule has 3 unspecified atom stereocenters. The van der Waals surface area contributed by atoms with E-state index in [1.807, 2.05) is 38.1 Å². The van der Waals surface area contributed by atoms with Gasteiger partial charge in [-0.3, -0.25) is 0 Å². The minimum atomic E-state index is -0.526. The number of esters is 2. The smallest absolute Gasteiger partial charge is 0.338 e. The third-order valence-corrected chi connectivity index (χ3v) is 5.05. The molecule has 0 spiro atoms. The van der Waals surface area contributed by atoms with Crippen molar-refractivity contribution >= 4 is 11.9 Å². The lowest BCUT2D eigenvalue weighted by Gasteiger charge is -2.17. The van der Waals surface area contributed by atoms with Gasteiger partial charge in [-0.05, 0) is 38.1 Å². The first-order valence-corrected chi connectivity index (χ1v) is 9.30. The Kier molecular flexibility index (Phi) is 5.15. The Morgan fingerprint density at radius 2 is 1.07 bits per heavy atom. The lowest BCUT2D eigenvalue weighted by Crippen LogP contribution is -2.36. The molecule has 2 aliphatic heterocycles. The molecule has 0 N–H and O–H groups in total. The fraction of sp³-hybridized carbons (Fsp3) is 0.364. The van der Waals surface area contributed by atoms with E-state index in [9.17, 15) is 9.59 Å². The fourth-order valence-corrected chi connectivity index (χ4v) is 3.42. The van der Waals surface area contributed by atoms with Gasteiger partial charge in [0.2, 0.25) is 0 Å². The summed E-state index contributed by atoms with van der Waals surface area (Å²) in [4.78, 5) is 24.7. The van der Waals surface area contributed by atoms with Crippen LogP contribution in [0.1, 0.15) is 31.8 Å². The number of hydrogen-bond donors (Lipinski definition) is 0. The van der Waals surface area contributed by atoms with E-state index in [1.54, 1.807) is 24.3 Å². The van der Waals surface area contributed by atoms with E-state index in [4.69, 9.17) is 18.9 Å². The van der Waals surface area contributed by atoms with Gasteiger partial charge >= 0.3 is 11.9 Å². The molecule has 4 atom stereocenters. The van der Waals surface area contributed by atoms with E-state index in [0.717, 1.165) is 11.1 Å². The average molecular weight is 382 g/mol. The zero-order valence-corrected chi connectivity index (χ0v) is 15.8. The van der Waals surface area contributed by atoms with Gasteiger partial charge in [0.15, 0.2) is 12.2 Å². The lowest BCUT2D eigenvalue weighted by molar-refractivity contribution is -0.0287. The summed E-state index contributed by atoms with van der Waals surface area (Å²) in [6.07, 6.45) is -1.93. The van der Waals surface area contributed by atoms with Crippen LogP contribution in [-0.2, 0) is 18.9 Å². The van der Waals surface area contributed by atoms with Crippen LogP contribution in [0.4, 0.5) is 0 Å². The largest absolute Gasteiger partial charge is 0.453 e. The first-order chi connectivity index (χ1) is 13.5. The SMILES string of the molecule is Cc1ccc(C(=O)OC2COC3C2OC[C@H]3OC(=O)c2ccc(C)cc2)cc1. The fourth-order valence-electron chi connectivity index (χ4n) is 3.42. The summed E-state index contributed by atoms with van der Waals surface area (Å²) >= 11 is 0. The zero-order chi connectivity index (χ0) is 19.7. The molecule has 0 aromatic heterocycles. The maximum Gasteiger partial charge on any atom is 0.338 e. The Hall–Kier alpha value is -2.70. The highest BCUT2D eigenvalue weighted by molar-refractivity contribution is 5.90. The van der Waals surface area contributed by atoms with Crippen LogP contribution < -0.4 is 0 Å². The molecular weight excluding hydrogens is 360 g/mol. The van der Waals surface area contributed by atoms with Gasteiger partial charge in [0, 0.05) is 0 Å². The molecule has 2 aromatic rings. The molecule has 0 bridgehead atoms. The number of carbonyl (C=O) groups excluding carboxylic acids is 2. The summed E-state index contributed by atoms with van der Waals surface area (Å²) in [5.41, 5.74) is 3.10. The van der Waals surface area contributed by atoms with E-state index in [-0.39, 0.29) is 13.2 Å². The molecule has 2 fully saturated rings. The Balaban J connectivity index is 1.36. The van der Waals surface area contributed by atoms with Crippen LogP contribution in [0.2, 0.25) is 0 Å². The number of benzene rings is 2. The molecule has 0 radical (unpaired) electrons. The van der Waals surface area contributed by atoms with Gasteiger partial charge < -0.3 is 18.9 Å². The second-order valence-electron chi connectivity index (χ2n) is 7.22. The summed E-state index contributed by atoms with van der Waals surface area (Å²) in [6.45, 7) is 4.33. The van der Waals surface area contributed by atoms with Crippen LogP contribution in [0.25, 0.3) is 0 Å². The molecule has 6 heteroatoms. The van der Waals surface area contributed by atoms with Gasteiger partial charge in [-0.1, -0.05) is 35.4 Å². The van der Waals surface area contributed by atoms with E-state index in [0.29, 0.717) is 11.1 Å². The molecule has 2 aromatic carbocycles. The highest BCUT2D eigenvalue weighted by Crippen LogP contribution is 2.31. The molecule has 0 saturated carbocycles. The minimum Gasteiger partial charge on any atom is -0.453 e. The molecular formula is C22H22O6. The summed E-state index contributed by atoms with van der Waals surface area (Å²) in [5, 5.41) is 0. The van der Waals surface area contributed by atoms with Gasteiger partial charge in [-0.25, -0.2) is 9.59 Å². The van der Waals surface area contributed by atoms with Crippen LogP contribution in [0.5, 0.6) is 0 Å². The molecule has 0 amide bonds. The number of fused-ring (bicyclic) bond motifs is 1. The van der Waals surface area contributed by atoms with Gasteiger partial charge in [-0.15, -0.1) is 0 Å². The maximum absolute atomic E-state index is 12.4. The number of hydrogen-bond acceptors (Lipinski definition) is 6. The molecule has 4 rings (SSSR count). The van der Waals surface area contributed by atoms with Gasteiger partial charge in [0.25, 0.3) is 0 Å². The predicted octanol–water partition coefficient (Wildman–Crippen LogP) is 2.85. The quantitative estimate of drug-likeness (QED) is 0.758. The monoisotopic (exact) mass is 382 g/mol. The zero-order valence-electron chi connectivity index (χ0n) is 15.8. The van der Waals surface area contributed by atoms with Crippen LogP contribution >= 0.6 is 0 Å². The van der Waals surface area contributed by atoms with Gasteiger partial charge in [-0.2, -0.15) is 0 Å². The Labute approximate surface area is 163 Å². The van der Waals surface area contributed by atoms with Crippen molar-refractivity contribution in [2.45, 2.75) is 38.3 Å². The normalized spacial score (nSPS) is 25.9. The number of rotatable bonds is 4. The van der Waals surface area contributed by atoms with Crippen LogP contribution in [-0.4, -0.2) is 49.6 Å². The summed E-state index contributed by atoms with van der Waals surface area (Å²) in [7, 11) is 0. The molecule has 6 nitrogen and oxygen atoms in total. The van der Waals surface area contributed by atoms with Crippen molar-refractivity contribution in [3.63, 3.8) is 0 Å². The van der Waals surface area contributed by atoms with Crippen molar-refractivity contribution in [3.8, 4) is 0 Å². The third-order valence-electron chi connectivity index (χ3n) is 5.05. The van der Waals surface area contributed by atoms with Gasteiger partial charge in [0.1, 0.15) is 12.2 Å². The minimum absolute atomic E-state index is 0.214. The maximum atomic E-state index is 12.4. The first-order valence-electron chi connectivity index (χ1n) is 9.30. The van der Waals surface area contributed by atoms with Crippen LogP contribution in [0, 0.1) is 13.8 Å². The molecule has 2 saturated heterocycles. The standard InChI is InChI=1S/C22H22O6/c1-13-3-7-15(8-4-13)21(23)27-17-11-25-20-18(12-26-19(17)20)28-22(24)16-9-5-14(2)6-10-16/h3-10,17-20H,11-12H2,1-2H3/t17-,18?,19?,20?/m1/s1. The third kappa shape index (κ3) is 3.79. The Morgan fingerprint density at radius 3 is 1.43 bits per heavy atom. The Bertz CT molecular complexity index is 784. The molecule has 0 aliphatic carbocycles. The number of ether oxygens (including phenoxy) is 4. The van der Waals surface area contributed by atoms with Crippen molar-refractivity contribution in [2.75, 3.05) is 13.2 Å². The van der Waals surface area contributed by atoms with Crippen molar-refractivity contribution in [3.05, 3.63) is 70.8 Å². The molecule has 146 valence electrons. The molecule has 2 aliphatic rings. The number of aryl methyl sites for hydroxylation is 2. The molecule has 28 heavy (non-hydrogen) atoms. The number of carbonyl (C=O) groups is 2. The predicted molar refractivity (Wildman–Crippen MR) is 100 cm³/mol. The highest BCUT2D eigenvalue weighted by Gasteiger charge is 2.51. The highest BCUT2D eigenvalue weighted by atomic mass is 16.7. The van der Waals surface area contributed by atoms with Crippen molar-refractivity contribution < 1.29 is 28.5 Å². The second-order valence-corrected chi connectivity index (χ2v) is 7.22. The van der Waals surface area contributed by atoms with E-state index >= 15 is 0 Å². The van der Waals surface area contributed by atoms with Crippen LogP contribution in [0.15, 0.2) is 48.5 Å². The first kappa shape index (κ1) is 18.7. The summed E-state index contributed by atoms with van der Waals surface area (Å²) in [6, 6.07) is 14.3. The van der Waals surface area contributed by atoms with E-state index in [1.165, 1.54) is 0 Å². The van der Waals surface area contributed by atoms with Crippen LogP contribution in [0.3, 0.4) is 0 Å². The Morgan fingerprint density at radius 1 is 0.714 bits per heavy atom. The second kappa shape index (κ2) is 7.73. The topological polar surface area (TPSA) is 71.1 Å². The van der Waals surface area contributed by atoms with Crippen molar-refractivity contribution in [1.82, 2.24) is 0 Å². The summed E-state index contributed by atoms with van der Waals surface area (Å²) < 4.78 is 22.6. The average Bonchev–Trinajstić information content (AvgIpc) is 3.26. The van der Waals surface area contributed by atoms with Crippen molar-refractivity contribution in [2.24, 2.45) is 0 Å². The molecule has 2 heterocycles.